The van der Waals surface area contributed by atoms with Crippen molar-refractivity contribution in [1.82, 2.24) is 20.2 Å². The maximum absolute atomic E-state index is 8.54. The molecular formula is C13H15N5O. The smallest absolute Gasteiger partial charge is 0.182 e. The van der Waals surface area contributed by atoms with Crippen LogP contribution in [0.3, 0.4) is 0 Å². The van der Waals surface area contributed by atoms with E-state index in [2.05, 4.69) is 21.6 Å². The van der Waals surface area contributed by atoms with E-state index in [1.54, 1.807) is 4.68 Å². The minimum absolute atomic E-state index is 0.503. The van der Waals surface area contributed by atoms with Crippen molar-refractivity contribution in [1.29, 1.82) is 5.26 Å². The van der Waals surface area contributed by atoms with Gasteiger partial charge in [-0.05, 0) is 48.0 Å². The molecule has 0 unspecified atom stereocenters. The van der Waals surface area contributed by atoms with E-state index in [1.807, 2.05) is 31.2 Å². The van der Waals surface area contributed by atoms with Crippen molar-refractivity contribution in [3.63, 3.8) is 0 Å². The number of tetrazole rings is 1. The summed E-state index contributed by atoms with van der Waals surface area (Å²) in [6.07, 6.45) is 1.24. The van der Waals surface area contributed by atoms with Gasteiger partial charge in [-0.2, -0.15) is 5.26 Å². The molecule has 0 bridgehead atoms. The highest BCUT2D eigenvalue weighted by molar-refractivity contribution is 5.55. The van der Waals surface area contributed by atoms with Gasteiger partial charge in [0.2, 0.25) is 0 Å². The molecular weight excluding hydrogens is 242 g/mol. The number of aryl methyl sites for hydroxylation is 1. The van der Waals surface area contributed by atoms with Crippen LogP contribution in [0.1, 0.15) is 19.8 Å². The predicted molar refractivity (Wildman–Crippen MR) is 69.3 cm³/mol. The van der Waals surface area contributed by atoms with Crippen LogP contribution in [0.15, 0.2) is 24.3 Å². The number of hydrogen-bond acceptors (Lipinski definition) is 5. The quantitative estimate of drug-likeness (QED) is 0.740. The second kappa shape index (κ2) is 6.50. The molecule has 0 aliphatic carbocycles. The van der Waals surface area contributed by atoms with Gasteiger partial charge in [0.25, 0.3) is 0 Å². The lowest BCUT2D eigenvalue weighted by atomic mass is 10.2. The highest BCUT2D eigenvalue weighted by Crippen LogP contribution is 2.20. The summed E-state index contributed by atoms with van der Waals surface area (Å²) in [5.41, 5.74) is 0.936. The molecule has 0 aliphatic heterocycles. The summed E-state index contributed by atoms with van der Waals surface area (Å²) < 4.78 is 7.11. The lowest BCUT2D eigenvalue weighted by molar-refractivity contribution is 0.340. The number of hydrogen-bond donors (Lipinski definition) is 0. The zero-order valence-corrected chi connectivity index (χ0v) is 10.8. The minimum atomic E-state index is 0.503. The Morgan fingerprint density at radius 3 is 2.79 bits per heavy atom. The van der Waals surface area contributed by atoms with E-state index in [-0.39, 0.29) is 0 Å². The lowest BCUT2D eigenvalue weighted by Gasteiger charge is -2.05. The fraction of sp³-hybridized carbons (Fsp3) is 0.385. The molecule has 19 heavy (non-hydrogen) atoms. The zero-order chi connectivity index (χ0) is 13.5. The monoisotopic (exact) mass is 257 g/mol. The summed E-state index contributed by atoms with van der Waals surface area (Å²) >= 11 is 0. The summed E-state index contributed by atoms with van der Waals surface area (Å²) in [4.78, 5) is 0. The van der Waals surface area contributed by atoms with Crippen LogP contribution in [0, 0.1) is 11.3 Å². The van der Waals surface area contributed by atoms with Gasteiger partial charge >= 0.3 is 0 Å². The first-order valence-corrected chi connectivity index (χ1v) is 6.21. The van der Waals surface area contributed by atoms with Crippen LogP contribution in [0.2, 0.25) is 0 Å². The summed E-state index contributed by atoms with van der Waals surface area (Å²) in [5, 5.41) is 20.2. The van der Waals surface area contributed by atoms with Crippen LogP contribution >= 0.6 is 0 Å². The number of ether oxygens (including phenoxy) is 1. The molecule has 0 fully saturated rings. The van der Waals surface area contributed by atoms with E-state index in [0.29, 0.717) is 25.4 Å². The summed E-state index contributed by atoms with van der Waals surface area (Å²) in [6, 6.07) is 9.76. The summed E-state index contributed by atoms with van der Waals surface area (Å²) in [7, 11) is 0. The first kappa shape index (κ1) is 13.0. The molecule has 6 nitrogen and oxygen atoms in total. The SMILES string of the molecule is CCOc1ccc(-c2nnnn2CCCC#N)cc1. The summed E-state index contributed by atoms with van der Waals surface area (Å²) in [5.74, 6) is 1.54. The average molecular weight is 257 g/mol. The van der Waals surface area contributed by atoms with Crippen molar-refractivity contribution in [2.45, 2.75) is 26.3 Å². The third kappa shape index (κ3) is 3.28. The molecule has 0 saturated heterocycles. The van der Waals surface area contributed by atoms with Crippen LogP contribution in [0.4, 0.5) is 0 Å². The van der Waals surface area contributed by atoms with Gasteiger partial charge in [-0.15, -0.1) is 5.10 Å². The Balaban J connectivity index is 2.13. The molecule has 98 valence electrons. The van der Waals surface area contributed by atoms with Gasteiger partial charge in [-0.25, -0.2) is 4.68 Å². The standard InChI is InChI=1S/C13H15N5O/c1-2-19-12-7-5-11(6-8-12)13-15-16-17-18(13)10-4-3-9-14/h5-8H,2-4,10H2,1H3. The minimum Gasteiger partial charge on any atom is -0.494 e. The van der Waals surface area contributed by atoms with Gasteiger partial charge in [0, 0.05) is 18.5 Å². The fourth-order valence-electron chi connectivity index (χ4n) is 1.74. The molecule has 2 rings (SSSR count). The highest BCUT2D eigenvalue weighted by atomic mass is 16.5. The Labute approximate surface area is 111 Å². The Morgan fingerprint density at radius 1 is 1.32 bits per heavy atom. The van der Waals surface area contributed by atoms with E-state index in [9.17, 15) is 0 Å². The Morgan fingerprint density at radius 2 is 2.11 bits per heavy atom. The second-order valence-corrected chi connectivity index (χ2v) is 3.94. The van der Waals surface area contributed by atoms with Gasteiger partial charge in [0.05, 0.1) is 12.7 Å². The largest absolute Gasteiger partial charge is 0.494 e. The molecule has 0 spiro atoms. The zero-order valence-electron chi connectivity index (χ0n) is 10.8. The molecule has 1 aromatic carbocycles. The van der Waals surface area contributed by atoms with E-state index in [0.717, 1.165) is 17.7 Å². The van der Waals surface area contributed by atoms with Crippen molar-refractivity contribution in [3.05, 3.63) is 24.3 Å². The van der Waals surface area contributed by atoms with Crippen molar-refractivity contribution in [2.75, 3.05) is 6.61 Å². The number of aromatic nitrogens is 4. The van der Waals surface area contributed by atoms with Crippen molar-refractivity contribution >= 4 is 0 Å². The molecule has 0 radical (unpaired) electrons. The van der Waals surface area contributed by atoms with Gasteiger partial charge in [0.1, 0.15) is 5.75 Å². The molecule has 0 atom stereocenters. The molecule has 6 heteroatoms. The maximum Gasteiger partial charge on any atom is 0.182 e. The maximum atomic E-state index is 8.54. The van der Waals surface area contributed by atoms with Gasteiger partial charge in [0.15, 0.2) is 5.82 Å². The number of unbranched alkanes of at least 4 members (excludes halogenated alkanes) is 1. The number of nitriles is 1. The fourth-order valence-corrected chi connectivity index (χ4v) is 1.74. The van der Waals surface area contributed by atoms with Crippen LogP contribution in [-0.4, -0.2) is 26.8 Å². The molecule has 0 N–H and O–H groups in total. The topological polar surface area (TPSA) is 76.6 Å². The Bertz CT molecular complexity index is 555. The lowest BCUT2D eigenvalue weighted by Crippen LogP contribution is -2.03. The normalized spacial score (nSPS) is 10.1. The number of rotatable bonds is 6. The highest BCUT2D eigenvalue weighted by Gasteiger charge is 2.08. The van der Waals surface area contributed by atoms with Crippen LogP contribution in [0.25, 0.3) is 11.4 Å². The first-order valence-electron chi connectivity index (χ1n) is 6.21. The molecule has 2 aromatic rings. The van der Waals surface area contributed by atoms with E-state index >= 15 is 0 Å². The first-order chi connectivity index (χ1) is 9.35. The third-order valence-electron chi connectivity index (χ3n) is 2.61. The second-order valence-electron chi connectivity index (χ2n) is 3.94. The number of benzene rings is 1. The Hall–Kier alpha value is -2.42. The van der Waals surface area contributed by atoms with Crippen LogP contribution < -0.4 is 4.74 Å². The van der Waals surface area contributed by atoms with E-state index in [1.165, 1.54) is 0 Å². The van der Waals surface area contributed by atoms with Crippen molar-refractivity contribution in [3.8, 4) is 23.2 Å². The molecule has 0 aliphatic rings. The Kier molecular flexibility index (Phi) is 4.45. The molecule has 1 aromatic heterocycles. The average Bonchev–Trinajstić information content (AvgIpc) is 2.89. The van der Waals surface area contributed by atoms with Crippen LogP contribution in [0.5, 0.6) is 5.75 Å². The van der Waals surface area contributed by atoms with Crippen molar-refractivity contribution < 1.29 is 4.74 Å². The van der Waals surface area contributed by atoms with Gasteiger partial charge < -0.3 is 4.74 Å². The summed E-state index contributed by atoms with van der Waals surface area (Å²) in [6.45, 7) is 3.23. The predicted octanol–water partition coefficient (Wildman–Crippen LogP) is 2.04. The molecule has 0 saturated carbocycles. The number of nitrogens with zero attached hydrogens (tertiary/aromatic N) is 5. The van der Waals surface area contributed by atoms with E-state index in [4.69, 9.17) is 10.00 Å². The third-order valence-corrected chi connectivity index (χ3v) is 2.61. The van der Waals surface area contributed by atoms with Crippen molar-refractivity contribution in [2.24, 2.45) is 0 Å². The van der Waals surface area contributed by atoms with Crippen LogP contribution in [-0.2, 0) is 6.54 Å². The van der Waals surface area contributed by atoms with Gasteiger partial charge in [-0.3, -0.25) is 0 Å². The van der Waals surface area contributed by atoms with Gasteiger partial charge in [-0.1, -0.05) is 0 Å². The van der Waals surface area contributed by atoms with E-state index < -0.39 is 0 Å². The molecule has 0 amide bonds. The molecule has 1 heterocycles.